The average molecular weight is 751 g/mol. The first-order chi connectivity index (χ1) is 27.1. The molecule has 1 aliphatic heterocycles. The van der Waals surface area contributed by atoms with Gasteiger partial charge in [0.15, 0.2) is 22.6 Å². The molecule has 7 heterocycles. The van der Waals surface area contributed by atoms with Gasteiger partial charge < -0.3 is 31.1 Å². The van der Waals surface area contributed by atoms with Gasteiger partial charge in [-0.15, -0.1) is 0 Å². The molecular weight excluding hydrogens is 709 g/mol. The number of aromatic nitrogens is 8. The first kappa shape index (κ1) is 35.2. The molecule has 2 atom stereocenters. The maximum Gasteiger partial charge on any atom is 0.255 e. The van der Waals surface area contributed by atoms with Crippen molar-refractivity contribution in [1.82, 2.24) is 59.6 Å². The number of fused-ring (bicyclic) bond motifs is 10. The summed E-state index contributed by atoms with van der Waals surface area (Å²) in [5, 5.41) is 13.9. The number of hydrogen-bond donors (Lipinski definition) is 4. The summed E-state index contributed by atoms with van der Waals surface area (Å²) in [5.41, 5.74) is 7.13. The number of para-hydroxylation sites is 2. The molecule has 0 unspecified atom stereocenters. The van der Waals surface area contributed by atoms with Crippen LogP contribution in [0.1, 0.15) is 34.6 Å². The minimum atomic E-state index is -0.308. The zero-order valence-corrected chi connectivity index (χ0v) is 32.0. The topological polar surface area (TPSA) is 175 Å². The Labute approximate surface area is 321 Å². The van der Waals surface area contributed by atoms with Crippen molar-refractivity contribution in [3.63, 3.8) is 0 Å². The van der Waals surface area contributed by atoms with E-state index >= 15 is 0 Å². The number of nitrogens with one attached hydrogen (secondary N) is 4. The number of pyridine rings is 2. The van der Waals surface area contributed by atoms with Crippen LogP contribution in [-0.2, 0) is 0 Å². The highest BCUT2D eigenvalue weighted by Gasteiger charge is 2.28. The monoisotopic (exact) mass is 750 g/mol. The van der Waals surface area contributed by atoms with Crippen LogP contribution in [0.4, 0.5) is 11.9 Å². The maximum atomic E-state index is 14.1. The molecule has 0 spiro atoms. The van der Waals surface area contributed by atoms with Crippen LogP contribution < -0.4 is 26.2 Å². The van der Waals surface area contributed by atoms with Crippen molar-refractivity contribution in [2.24, 2.45) is 0 Å². The van der Waals surface area contributed by atoms with E-state index in [0.29, 0.717) is 85.1 Å². The van der Waals surface area contributed by atoms with Crippen molar-refractivity contribution >= 4 is 79.1 Å². The largest absolute Gasteiger partial charge is 0.355 e. The van der Waals surface area contributed by atoms with Gasteiger partial charge in [-0.1, -0.05) is 18.2 Å². The van der Waals surface area contributed by atoms with Crippen molar-refractivity contribution < 1.29 is 9.59 Å². The standard InChI is InChI=1S/C40H42N14O2/c1-21-19-52(20-22(2)46-21)40-45-17-24-15-25(37(55)41-3)34-47-28-12-11-23(16-30(28)54(34)33(24)50-40)31-26-18-44-39(43-13-14-51(5)6)49-35(26)53-29-10-8-7-9-27(29)48-36(53)32(31)38(56)42-4/h7-12,15-18,21-22,46H,13-14,19-20H2,1-6H3,(H,41,55)(H,42,56)(H,43,44,49)/t21-,22+. The van der Waals surface area contributed by atoms with Crippen molar-refractivity contribution in [2.45, 2.75) is 25.9 Å². The fraction of sp³-hybridized carbons (Fsp3) is 0.300. The van der Waals surface area contributed by atoms with Crippen LogP contribution in [0.25, 0.3) is 66.6 Å². The fourth-order valence-electron chi connectivity index (χ4n) is 7.93. The molecule has 4 N–H and O–H groups in total. The van der Waals surface area contributed by atoms with E-state index in [0.717, 1.165) is 30.7 Å². The second kappa shape index (κ2) is 13.6. The number of amides is 2. The number of rotatable bonds is 8. The molecule has 6 aromatic heterocycles. The van der Waals surface area contributed by atoms with Gasteiger partial charge in [-0.3, -0.25) is 18.4 Å². The van der Waals surface area contributed by atoms with E-state index in [-0.39, 0.29) is 23.9 Å². The third kappa shape index (κ3) is 5.76. The average Bonchev–Trinajstić information content (AvgIpc) is 3.78. The SMILES string of the molecule is CNC(=O)c1cc2cnc(N3C[C@@H](C)N[C@@H](C)C3)nc2n2c1nc1ccc(-c3c(C(=O)NC)c4nc5ccccc5n4c4nc(NCCN(C)C)ncc34)cc12. The lowest BCUT2D eigenvalue weighted by atomic mass is 9.96. The minimum Gasteiger partial charge on any atom is -0.355 e. The van der Waals surface area contributed by atoms with E-state index < -0.39 is 0 Å². The maximum absolute atomic E-state index is 14.1. The van der Waals surface area contributed by atoms with E-state index in [1.54, 1.807) is 32.6 Å². The Morgan fingerprint density at radius 3 is 2.30 bits per heavy atom. The summed E-state index contributed by atoms with van der Waals surface area (Å²) in [6, 6.07) is 15.9. The van der Waals surface area contributed by atoms with Gasteiger partial charge in [0, 0.05) is 81.1 Å². The lowest BCUT2D eigenvalue weighted by Crippen LogP contribution is -2.54. The molecule has 16 heteroatoms. The lowest BCUT2D eigenvalue weighted by Gasteiger charge is -2.36. The van der Waals surface area contributed by atoms with Crippen LogP contribution in [0.15, 0.2) is 60.9 Å². The van der Waals surface area contributed by atoms with Gasteiger partial charge in [0.25, 0.3) is 11.8 Å². The summed E-state index contributed by atoms with van der Waals surface area (Å²) >= 11 is 0. The molecule has 9 rings (SSSR count). The van der Waals surface area contributed by atoms with Gasteiger partial charge in [-0.2, -0.15) is 9.97 Å². The predicted molar refractivity (Wildman–Crippen MR) is 219 cm³/mol. The van der Waals surface area contributed by atoms with Gasteiger partial charge in [0.1, 0.15) is 0 Å². The predicted octanol–water partition coefficient (Wildman–Crippen LogP) is 3.72. The number of piperazine rings is 1. The van der Waals surface area contributed by atoms with Crippen LogP contribution in [0.3, 0.4) is 0 Å². The molecule has 2 aromatic carbocycles. The molecule has 284 valence electrons. The fourth-order valence-corrected chi connectivity index (χ4v) is 7.93. The zero-order valence-electron chi connectivity index (χ0n) is 32.0. The molecule has 2 amide bonds. The molecule has 0 aliphatic carbocycles. The van der Waals surface area contributed by atoms with Crippen molar-refractivity contribution in [1.29, 1.82) is 0 Å². The molecule has 0 saturated carbocycles. The summed E-state index contributed by atoms with van der Waals surface area (Å²) in [5.74, 6) is 0.476. The van der Waals surface area contributed by atoms with Gasteiger partial charge in [-0.05, 0) is 63.8 Å². The Bertz CT molecular complexity index is 2870. The number of likely N-dealkylation sites (N-methyl/N-ethyl adjacent to an activating group) is 1. The smallest absolute Gasteiger partial charge is 0.255 e. The molecule has 8 aromatic rings. The van der Waals surface area contributed by atoms with Crippen molar-refractivity contribution in [2.75, 3.05) is 64.6 Å². The highest BCUT2D eigenvalue weighted by Crippen LogP contribution is 2.38. The van der Waals surface area contributed by atoms with E-state index in [2.05, 4.69) is 44.9 Å². The van der Waals surface area contributed by atoms with Gasteiger partial charge >= 0.3 is 0 Å². The molecule has 1 saturated heterocycles. The van der Waals surface area contributed by atoms with Crippen LogP contribution in [-0.4, -0.2) is 122 Å². The van der Waals surface area contributed by atoms with E-state index in [1.807, 2.05) is 65.4 Å². The van der Waals surface area contributed by atoms with E-state index in [4.69, 9.17) is 29.9 Å². The molecule has 0 radical (unpaired) electrons. The Morgan fingerprint density at radius 2 is 1.54 bits per heavy atom. The highest BCUT2D eigenvalue weighted by atomic mass is 16.2. The summed E-state index contributed by atoms with van der Waals surface area (Å²) in [7, 11) is 7.24. The molecule has 56 heavy (non-hydrogen) atoms. The third-order valence-corrected chi connectivity index (χ3v) is 10.4. The quantitative estimate of drug-likeness (QED) is 0.178. The summed E-state index contributed by atoms with van der Waals surface area (Å²) in [6.45, 7) is 7.23. The highest BCUT2D eigenvalue weighted by molar-refractivity contribution is 6.15. The first-order valence-electron chi connectivity index (χ1n) is 18.7. The van der Waals surface area contributed by atoms with Gasteiger partial charge in [0.2, 0.25) is 11.9 Å². The number of benzene rings is 2. The van der Waals surface area contributed by atoms with Gasteiger partial charge in [0.05, 0.1) is 33.2 Å². The van der Waals surface area contributed by atoms with Crippen molar-refractivity contribution in [3.8, 4) is 11.1 Å². The van der Waals surface area contributed by atoms with Crippen LogP contribution >= 0.6 is 0 Å². The van der Waals surface area contributed by atoms with E-state index in [9.17, 15) is 9.59 Å². The van der Waals surface area contributed by atoms with Gasteiger partial charge in [-0.25, -0.2) is 19.9 Å². The number of carbonyl (C=O) groups is 2. The van der Waals surface area contributed by atoms with E-state index in [1.165, 1.54) is 0 Å². The number of nitrogens with zero attached hydrogens (tertiary/aromatic N) is 10. The molecule has 1 aliphatic rings. The summed E-state index contributed by atoms with van der Waals surface area (Å²) in [4.78, 5) is 61.4. The van der Waals surface area contributed by atoms with Crippen LogP contribution in [0.5, 0.6) is 0 Å². The number of hydrogen-bond acceptors (Lipinski definition) is 12. The Morgan fingerprint density at radius 1 is 0.804 bits per heavy atom. The summed E-state index contributed by atoms with van der Waals surface area (Å²) in [6.07, 6.45) is 3.54. The normalized spacial score (nSPS) is 16.2. The third-order valence-electron chi connectivity index (χ3n) is 10.4. The minimum absolute atomic E-state index is 0.258. The lowest BCUT2D eigenvalue weighted by molar-refractivity contribution is 0.0956. The van der Waals surface area contributed by atoms with Crippen molar-refractivity contribution in [3.05, 3.63) is 72.1 Å². The Balaban J connectivity index is 1.34. The Kier molecular flexibility index (Phi) is 8.58. The Hall–Kier alpha value is -6.52. The van der Waals surface area contributed by atoms with Crippen LogP contribution in [0, 0.1) is 0 Å². The molecular formula is C40H42N14O2. The number of anilines is 2. The number of imidazole rings is 2. The van der Waals surface area contributed by atoms with Crippen LogP contribution in [0.2, 0.25) is 0 Å². The summed E-state index contributed by atoms with van der Waals surface area (Å²) < 4.78 is 3.86. The first-order valence-corrected chi connectivity index (χ1v) is 18.7. The molecule has 16 nitrogen and oxygen atoms in total. The molecule has 1 fully saturated rings. The zero-order chi connectivity index (χ0) is 38.8. The second-order valence-electron chi connectivity index (χ2n) is 14.7. The number of carbonyl (C=O) groups excluding carboxylic acids is 2. The second-order valence-corrected chi connectivity index (χ2v) is 14.7. The molecule has 0 bridgehead atoms.